The molecule has 0 radical (unpaired) electrons. The summed E-state index contributed by atoms with van der Waals surface area (Å²) in [5.41, 5.74) is 5.97. The van der Waals surface area contributed by atoms with Crippen LogP contribution in [0.25, 0.3) is 23.3 Å². The molecular formula is C26H23IN2O3. The minimum absolute atomic E-state index is 0.0307. The predicted molar refractivity (Wildman–Crippen MR) is 137 cm³/mol. The van der Waals surface area contributed by atoms with Crippen LogP contribution in [0.5, 0.6) is 5.75 Å². The monoisotopic (exact) mass is 538 g/mol. The molecule has 1 N–H and O–H groups in total. The van der Waals surface area contributed by atoms with Gasteiger partial charge in [0.05, 0.1) is 19.3 Å². The number of hydrogen-bond acceptors (Lipinski definition) is 3. The fraction of sp³-hybridized carbons (Fsp3) is 0.154. The van der Waals surface area contributed by atoms with Crippen molar-refractivity contribution in [2.24, 2.45) is 0 Å². The van der Waals surface area contributed by atoms with E-state index in [0.717, 1.165) is 37.1 Å². The van der Waals surface area contributed by atoms with Crippen LogP contribution in [0.15, 0.2) is 54.6 Å². The van der Waals surface area contributed by atoms with E-state index in [2.05, 4.69) is 40.1 Å². The summed E-state index contributed by atoms with van der Waals surface area (Å²) in [6.45, 7) is 2.00. The molecule has 2 amide bonds. The molecule has 3 aromatic rings. The molecule has 0 fully saturated rings. The molecule has 0 saturated heterocycles. The van der Waals surface area contributed by atoms with E-state index in [4.69, 9.17) is 4.74 Å². The number of methoxy groups -OCH3 is 1. The van der Waals surface area contributed by atoms with E-state index >= 15 is 0 Å². The Morgan fingerprint density at radius 3 is 2.47 bits per heavy atom. The normalized spacial score (nSPS) is 13.3. The van der Waals surface area contributed by atoms with Gasteiger partial charge >= 0.3 is 0 Å². The number of ether oxygens (including phenoxy) is 1. The summed E-state index contributed by atoms with van der Waals surface area (Å²) in [5, 5.41) is 2.70. The van der Waals surface area contributed by atoms with Crippen molar-refractivity contribution in [1.82, 2.24) is 5.32 Å². The summed E-state index contributed by atoms with van der Waals surface area (Å²) in [6, 6.07) is 17.5. The number of rotatable bonds is 3. The van der Waals surface area contributed by atoms with Gasteiger partial charge in [-0.1, -0.05) is 30.4 Å². The molecule has 5 nitrogen and oxygen atoms in total. The van der Waals surface area contributed by atoms with Crippen molar-refractivity contribution in [1.29, 1.82) is 0 Å². The van der Waals surface area contributed by atoms with Gasteiger partial charge in [-0.05, 0) is 81.2 Å². The van der Waals surface area contributed by atoms with E-state index in [-0.39, 0.29) is 11.8 Å². The Balaban J connectivity index is 1.93. The van der Waals surface area contributed by atoms with E-state index < -0.39 is 0 Å². The topological polar surface area (TPSA) is 58.6 Å². The van der Waals surface area contributed by atoms with Gasteiger partial charge in [0.2, 0.25) is 5.91 Å². The third-order valence-corrected chi connectivity index (χ3v) is 6.25. The lowest BCUT2D eigenvalue weighted by molar-refractivity contribution is -0.116. The molecule has 0 aromatic heterocycles. The van der Waals surface area contributed by atoms with Crippen LogP contribution < -0.4 is 15.0 Å². The number of fused-ring (bicyclic) bond motifs is 2. The van der Waals surface area contributed by atoms with Crippen molar-refractivity contribution in [3.63, 3.8) is 0 Å². The Morgan fingerprint density at radius 1 is 1.00 bits per heavy atom. The van der Waals surface area contributed by atoms with Crippen LogP contribution in [-0.2, 0) is 11.3 Å². The molecule has 6 heteroatoms. The van der Waals surface area contributed by atoms with Crippen molar-refractivity contribution < 1.29 is 14.3 Å². The number of nitrogens with zero attached hydrogens (tertiary/aromatic N) is 1. The number of halogens is 1. The second kappa shape index (κ2) is 9.16. The van der Waals surface area contributed by atoms with Crippen LogP contribution >= 0.6 is 22.6 Å². The molecule has 0 bridgehead atoms. The van der Waals surface area contributed by atoms with E-state index in [1.54, 1.807) is 32.0 Å². The highest BCUT2D eigenvalue weighted by Crippen LogP contribution is 2.38. The molecule has 1 aliphatic rings. The molecule has 0 spiro atoms. The zero-order valence-corrected chi connectivity index (χ0v) is 20.3. The zero-order chi connectivity index (χ0) is 22.8. The first-order valence-electron chi connectivity index (χ1n) is 10.2. The van der Waals surface area contributed by atoms with E-state index in [9.17, 15) is 9.59 Å². The number of carbonyl (C=O) groups is 2. The summed E-state index contributed by atoms with van der Waals surface area (Å²) < 4.78 is 6.83. The number of benzene rings is 3. The molecule has 0 atom stereocenters. The molecule has 162 valence electrons. The lowest BCUT2D eigenvalue weighted by atomic mass is 9.92. The molecule has 1 aliphatic heterocycles. The van der Waals surface area contributed by atoms with Gasteiger partial charge in [-0.3, -0.25) is 9.59 Å². The standard InChI is InChI=1S/C26H23IN2O3/c1-16(30)29-15-19-13-23(21-6-4-5-7-22(21)26(31)28-2)25(32-3)14-17(19)8-9-18-12-20(27)10-11-24(18)29/h4-14H,15H2,1-3H3,(H,28,31)/b9-8-. The van der Waals surface area contributed by atoms with Gasteiger partial charge in [0.1, 0.15) is 5.75 Å². The Morgan fingerprint density at radius 2 is 1.75 bits per heavy atom. The van der Waals surface area contributed by atoms with E-state index in [1.165, 1.54) is 0 Å². The fourth-order valence-corrected chi connectivity index (χ4v) is 4.50. The summed E-state index contributed by atoms with van der Waals surface area (Å²) >= 11 is 2.28. The molecule has 4 rings (SSSR count). The van der Waals surface area contributed by atoms with Crippen LogP contribution in [0, 0.1) is 3.57 Å². The van der Waals surface area contributed by atoms with Crippen molar-refractivity contribution in [2.45, 2.75) is 13.5 Å². The summed E-state index contributed by atoms with van der Waals surface area (Å²) in [5.74, 6) is 0.475. The van der Waals surface area contributed by atoms with E-state index in [0.29, 0.717) is 17.9 Å². The Bertz CT molecular complexity index is 1250. The number of amides is 2. The first-order valence-corrected chi connectivity index (χ1v) is 11.3. The number of anilines is 1. The second-order valence-electron chi connectivity index (χ2n) is 7.52. The SMILES string of the molecule is CNC(=O)c1ccccc1-c1cc2c(cc1OC)/C=C\c1cc(I)ccc1N(C(C)=O)C2. The van der Waals surface area contributed by atoms with Crippen LogP contribution in [0.1, 0.15) is 34.0 Å². The van der Waals surface area contributed by atoms with Crippen molar-refractivity contribution >= 4 is 52.2 Å². The average Bonchev–Trinajstić information content (AvgIpc) is 2.79. The third kappa shape index (κ3) is 4.14. The molecule has 0 saturated carbocycles. The summed E-state index contributed by atoms with van der Waals surface area (Å²) in [6.07, 6.45) is 4.09. The quantitative estimate of drug-likeness (QED) is 0.457. The number of nitrogens with one attached hydrogen (secondary N) is 1. The molecule has 1 heterocycles. The summed E-state index contributed by atoms with van der Waals surface area (Å²) in [4.78, 5) is 26.9. The highest BCUT2D eigenvalue weighted by molar-refractivity contribution is 14.1. The van der Waals surface area contributed by atoms with Gasteiger partial charge in [0, 0.05) is 28.7 Å². The smallest absolute Gasteiger partial charge is 0.251 e. The maximum Gasteiger partial charge on any atom is 0.251 e. The van der Waals surface area contributed by atoms with Crippen molar-refractivity contribution in [3.8, 4) is 16.9 Å². The highest BCUT2D eigenvalue weighted by atomic mass is 127. The molecular weight excluding hydrogens is 515 g/mol. The predicted octanol–water partition coefficient (Wildman–Crippen LogP) is 5.36. The van der Waals surface area contributed by atoms with E-state index in [1.807, 2.05) is 48.5 Å². The van der Waals surface area contributed by atoms with Crippen LogP contribution in [0.3, 0.4) is 0 Å². The third-order valence-electron chi connectivity index (χ3n) is 5.58. The van der Waals surface area contributed by atoms with Crippen LogP contribution in [0.2, 0.25) is 0 Å². The second-order valence-corrected chi connectivity index (χ2v) is 8.76. The summed E-state index contributed by atoms with van der Waals surface area (Å²) in [7, 11) is 3.24. The number of hydrogen-bond donors (Lipinski definition) is 1. The molecule has 0 aliphatic carbocycles. The molecule has 32 heavy (non-hydrogen) atoms. The Labute approximate surface area is 201 Å². The van der Waals surface area contributed by atoms with Gasteiger partial charge in [-0.2, -0.15) is 0 Å². The van der Waals surface area contributed by atoms with Crippen LogP contribution in [0.4, 0.5) is 5.69 Å². The first kappa shape index (κ1) is 22.1. The minimum Gasteiger partial charge on any atom is -0.496 e. The highest BCUT2D eigenvalue weighted by Gasteiger charge is 2.22. The average molecular weight is 538 g/mol. The molecule has 0 unspecified atom stereocenters. The number of carbonyl (C=O) groups excluding carboxylic acids is 2. The lowest BCUT2D eigenvalue weighted by Crippen LogP contribution is -2.29. The van der Waals surface area contributed by atoms with Gasteiger partial charge in [-0.25, -0.2) is 0 Å². The molecule has 3 aromatic carbocycles. The Hall–Kier alpha value is -3.13. The van der Waals surface area contributed by atoms with Gasteiger partial charge < -0.3 is 15.0 Å². The first-order chi connectivity index (χ1) is 15.4. The van der Waals surface area contributed by atoms with Crippen LogP contribution in [-0.4, -0.2) is 26.0 Å². The van der Waals surface area contributed by atoms with Crippen molar-refractivity contribution in [2.75, 3.05) is 19.1 Å². The Kier molecular flexibility index (Phi) is 6.32. The zero-order valence-electron chi connectivity index (χ0n) is 18.1. The van der Waals surface area contributed by atoms with Crippen molar-refractivity contribution in [3.05, 3.63) is 80.4 Å². The van der Waals surface area contributed by atoms with Gasteiger partial charge in [0.15, 0.2) is 0 Å². The minimum atomic E-state index is -0.164. The maximum absolute atomic E-state index is 12.6. The largest absolute Gasteiger partial charge is 0.496 e. The lowest BCUT2D eigenvalue weighted by Gasteiger charge is -2.27. The maximum atomic E-state index is 12.6. The van der Waals surface area contributed by atoms with Gasteiger partial charge in [0.25, 0.3) is 5.91 Å². The fourth-order valence-electron chi connectivity index (χ4n) is 3.98. The van der Waals surface area contributed by atoms with Gasteiger partial charge in [-0.15, -0.1) is 0 Å².